The van der Waals surface area contributed by atoms with Crippen molar-refractivity contribution in [3.8, 4) is 23.0 Å². The molecule has 2 aromatic carbocycles. The van der Waals surface area contributed by atoms with Gasteiger partial charge in [0, 0.05) is 11.6 Å². The van der Waals surface area contributed by atoms with E-state index < -0.39 is 5.97 Å². The second-order valence-corrected chi connectivity index (χ2v) is 4.71. The molecule has 0 aliphatic rings. The van der Waals surface area contributed by atoms with Gasteiger partial charge in [0.2, 0.25) is 0 Å². The van der Waals surface area contributed by atoms with Gasteiger partial charge < -0.3 is 19.3 Å². The topological polar surface area (TPSA) is 82.1 Å². The summed E-state index contributed by atoms with van der Waals surface area (Å²) in [6.07, 6.45) is 3.43. The van der Waals surface area contributed by atoms with Crippen molar-refractivity contribution in [3.63, 3.8) is 0 Å². The fourth-order valence-electron chi connectivity index (χ4n) is 1.95. The summed E-state index contributed by atoms with van der Waals surface area (Å²) in [4.78, 5) is 22.7. The molecule has 24 heavy (non-hydrogen) atoms. The first-order valence-electron chi connectivity index (χ1n) is 6.97. The molecule has 1 N–H and O–H groups in total. The second kappa shape index (κ2) is 7.82. The van der Waals surface area contributed by atoms with Gasteiger partial charge in [0.15, 0.2) is 23.0 Å². The zero-order chi connectivity index (χ0) is 17.5. The van der Waals surface area contributed by atoms with Crippen molar-refractivity contribution in [2.75, 3.05) is 14.2 Å². The lowest BCUT2D eigenvalue weighted by molar-refractivity contribution is -0.129. The highest BCUT2D eigenvalue weighted by atomic mass is 16.6. The van der Waals surface area contributed by atoms with E-state index in [0.717, 1.165) is 0 Å². The second-order valence-electron chi connectivity index (χ2n) is 4.71. The Morgan fingerprint density at radius 2 is 1.62 bits per heavy atom. The van der Waals surface area contributed by atoms with Crippen LogP contribution < -0.4 is 14.2 Å². The highest BCUT2D eigenvalue weighted by Gasteiger charge is 2.09. The molecule has 0 saturated heterocycles. The normalized spacial score (nSPS) is 10.4. The Kier molecular flexibility index (Phi) is 5.57. The van der Waals surface area contributed by atoms with Crippen molar-refractivity contribution in [2.24, 2.45) is 0 Å². The minimum atomic E-state index is -0.612. The van der Waals surface area contributed by atoms with Gasteiger partial charge in [0.25, 0.3) is 0 Å². The molecule has 0 radical (unpaired) electrons. The van der Waals surface area contributed by atoms with Crippen molar-refractivity contribution in [2.45, 2.75) is 0 Å². The highest BCUT2D eigenvalue weighted by molar-refractivity contribution is 5.89. The number of esters is 1. The Labute approximate surface area is 138 Å². The van der Waals surface area contributed by atoms with Crippen molar-refractivity contribution in [3.05, 3.63) is 53.6 Å². The van der Waals surface area contributed by atoms with Gasteiger partial charge in [-0.05, 0) is 42.0 Å². The van der Waals surface area contributed by atoms with Crippen molar-refractivity contribution >= 4 is 18.3 Å². The number of phenols is 1. The molecule has 0 atom stereocenters. The van der Waals surface area contributed by atoms with Crippen LogP contribution >= 0.6 is 0 Å². The van der Waals surface area contributed by atoms with E-state index in [1.807, 2.05) is 0 Å². The van der Waals surface area contributed by atoms with E-state index in [4.69, 9.17) is 14.2 Å². The number of phenolic OH excluding ortho intramolecular Hbond substituents is 1. The first-order valence-corrected chi connectivity index (χ1v) is 6.97. The van der Waals surface area contributed by atoms with Gasteiger partial charge in [-0.15, -0.1) is 0 Å². The van der Waals surface area contributed by atoms with E-state index in [1.165, 1.54) is 50.6 Å². The summed E-state index contributed by atoms with van der Waals surface area (Å²) in [7, 11) is 2.85. The monoisotopic (exact) mass is 328 g/mol. The van der Waals surface area contributed by atoms with Gasteiger partial charge in [-0.3, -0.25) is 4.79 Å². The fourth-order valence-corrected chi connectivity index (χ4v) is 1.95. The maximum atomic E-state index is 11.9. The van der Waals surface area contributed by atoms with Crippen LogP contribution in [0.3, 0.4) is 0 Å². The molecular weight excluding hydrogens is 312 g/mol. The molecule has 0 unspecified atom stereocenters. The number of aldehydes is 1. The Balaban J connectivity index is 2.12. The minimum absolute atomic E-state index is 0.0113. The van der Waals surface area contributed by atoms with E-state index in [2.05, 4.69) is 0 Å². The predicted molar refractivity (Wildman–Crippen MR) is 87.7 cm³/mol. The number of carbonyl (C=O) groups excluding carboxylic acids is 2. The molecule has 6 nitrogen and oxygen atoms in total. The third kappa shape index (κ3) is 4.13. The SMILES string of the molecule is COc1cc(C=CC(=O)Oc2ccc(C=O)cc2OC)ccc1O. The lowest BCUT2D eigenvalue weighted by Crippen LogP contribution is -2.05. The summed E-state index contributed by atoms with van der Waals surface area (Å²) in [5, 5.41) is 9.53. The summed E-state index contributed by atoms with van der Waals surface area (Å²) in [5.41, 5.74) is 1.07. The van der Waals surface area contributed by atoms with Crippen molar-refractivity contribution < 1.29 is 28.9 Å². The molecule has 6 heteroatoms. The summed E-state index contributed by atoms with van der Waals surface area (Å²) >= 11 is 0. The lowest BCUT2D eigenvalue weighted by atomic mass is 10.2. The zero-order valence-corrected chi connectivity index (χ0v) is 13.2. The van der Waals surface area contributed by atoms with Crippen LogP contribution in [0.2, 0.25) is 0 Å². The van der Waals surface area contributed by atoms with Crippen LogP contribution in [0.25, 0.3) is 6.08 Å². The van der Waals surface area contributed by atoms with Gasteiger partial charge in [0.1, 0.15) is 6.29 Å². The Morgan fingerprint density at radius 3 is 2.29 bits per heavy atom. The van der Waals surface area contributed by atoms with Crippen LogP contribution in [0.5, 0.6) is 23.0 Å². The van der Waals surface area contributed by atoms with Crippen LogP contribution in [-0.2, 0) is 4.79 Å². The number of ether oxygens (including phenoxy) is 3. The number of benzene rings is 2. The molecule has 0 amide bonds. The number of rotatable bonds is 6. The molecule has 124 valence electrons. The Morgan fingerprint density at radius 1 is 0.958 bits per heavy atom. The number of hydrogen-bond acceptors (Lipinski definition) is 6. The summed E-state index contributed by atoms with van der Waals surface area (Å²) < 4.78 is 15.3. The molecule has 0 aliphatic carbocycles. The van der Waals surface area contributed by atoms with E-state index in [1.54, 1.807) is 12.1 Å². The largest absolute Gasteiger partial charge is 0.504 e. The van der Waals surface area contributed by atoms with Crippen LogP contribution in [0.1, 0.15) is 15.9 Å². The van der Waals surface area contributed by atoms with Crippen LogP contribution in [-0.4, -0.2) is 31.6 Å². The van der Waals surface area contributed by atoms with E-state index >= 15 is 0 Å². The third-order valence-corrected chi connectivity index (χ3v) is 3.15. The molecule has 0 fully saturated rings. The zero-order valence-electron chi connectivity index (χ0n) is 13.2. The van der Waals surface area contributed by atoms with Crippen LogP contribution in [0.4, 0.5) is 0 Å². The molecule has 2 rings (SSSR count). The number of carbonyl (C=O) groups is 2. The maximum Gasteiger partial charge on any atom is 0.336 e. The summed E-state index contributed by atoms with van der Waals surface area (Å²) in [6, 6.07) is 9.15. The first kappa shape index (κ1) is 17.1. The molecule has 0 aliphatic heterocycles. The van der Waals surface area contributed by atoms with Crippen LogP contribution in [0.15, 0.2) is 42.5 Å². The molecule has 0 saturated carbocycles. The van der Waals surface area contributed by atoms with Crippen molar-refractivity contribution in [1.82, 2.24) is 0 Å². The van der Waals surface area contributed by atoms with Gasteiger partial charge in [0.05, 0.1) is 14.2 Å². The van der Waals surface area contributed by atoms with E-state index in [0.29, 0.717) is 23.2 Å². The van der Waals surface area contributed by atoms with Gasteiger partial charge >= 0.3 is 5.97 Å². The molecule has 0 bridgehead atoms. The third-order valence-electron chi connectivity index (χ3n) is 3.15. The quantitative estimate of drug-likeness (QED) is 0.380. The van der Waals surface area contributed by atoms with E-state index in [9.17, 15) is 14.7 Å². The maximum absolute atomic E-state index is 11.9. The van der Waals surface area contributed by atoms with Gasteiger partial charge in [-0.2, -0.15) is 0 Å². The molecule has 0 heterocycles. The highest BCUT2D eigenvalue weighted by Crippen LogP contribution is 2.28. The van der Waals surface area contributed by atoms with Crippen LogP contribution in [0, 0.1) is 0 Å². The number of hydrogen-bond donors (Lipinski definition) is 1. The summed E-state index contributed by atoms with van der Waals surface area (Å²) in [5.74, 6) is 0.196. The summed E-state index contributed by atoms with van der Waals surface area (Å²) in [6.45, 7) is 0. The minimum Gasteiger partial charge on any atom is -0.504 e. The fraction of sp³-hybridized carbons (Fsp3) is 0.111. The average Bonchev–Trinajstić information content (AvgIpc) is 2.61. The molecular formula is C18H16O6. The lowest BCUT2D eigenvalue weighted by Gasteiger charge is -2.08. The number of aromatic hydroxyl groups is 1. The average molecular weight is 328 g/mol. The molecule has 0 aromatic heterocycles. The first-order chi connectivity index (χ1) is 11.6. The van der Waals surface area contributed by atoms with E-state index in [-0.39, 0.29) is 17.2 Å². The Hall–Kier alpha value is -3.28. The molecule has 2 aromatic rings. The van der Waals surface area contributed by atoms with Crippen molar-refractivity contribution in [1.29, 1.82) is 0 Å². The number of methoxy groups -OCH3 is 2. The van der Waals surface area contributed by atoms with Gasteiger partial charge in [-0.25, -0.2) is 4.79 Å². The van der Waals surface area contributed by atoms with Gasteiger partial charge in [-0.1, -0.05) is 6.07 Å². The molecule has 0 spiro atoms. The standard InChI is InChI=1S/C18H16O6/c1-22-16-9-12(3-6-14(16)20)5-8-18(21)24-15-7-4-13(11-19)10-17(15)23-2/h3-11,20H,1-2H3. The Bertz CT molecular complexity index is 779. The smallest absolute Gasteiger partial charge is 0.336 e. The predicted octanol–water partition coefficient (Wildman–Crippen LogP) is 2.84.